The molecule has 12 heteroatoms. The van der Waals surface area contributed by atoms with E-state index in [1.165, 1.54) is 0 Å². The normalized spacial score (nSPS) is 23.0. The van der Waals surface area contributed by atoms with Crippen LogP contribution in [0.1, 0.15) is 102 Å². The molecule has 250 valence electrons. The van der Waals surface area contributed by atoms with Crippen molar-refractivity contribution in [3.8, 4) is 0 Å². The Labute approximate surface area is 282 Å². The summed E-state index contributed by atoms with van der Waals surface area (Å²) in [6.45, 7) is 28.4. The van der Waals surface area contributed by atoms with Crippen LogP contribution in [0.25, 0.3) is 0 Å². The molecule has 2 aromatic rings. The highest BCUT2D eigenvalue weighted by Gasteiger charge is 2.63. The molecule has 0 aliphatic carbocycles. The lowest BCUT2D eigenvalue weighted by molar-refractivity contribution is 0.00578. The van der Waals surface area contributed by atoms with Crippen LogP contribution < -0.4 is 16.9 Å². The summed E-state index contributed by atoms with van der Waals surface area (Å²) >= 11 is 3.37. The molecule has 0 bridgehead atoms. The molecule has 3 fully saturated rings. The van der Waals surface area contributed by atoms with Crippen molar-refractivity contribution in [3.05, 3.63) is 52.0 Å². The van der Waals surface area contributed by atoms with Gasteiger partial charge in [0.1, 0.15) is 0 Å². The van der Waals surface area contributed by atoms with Gasteiger partial charge >= 0.3 is 21.1 Å². The summed E-state index contributed by atoms with van der Waals surface area (Å²) in [4.78, 5) is 0. The van der Waals surface area contributed by atoms with Gasteiger partial charge in [0, 0.05) is 15.8 Å². The number of hydrogen-bond donors (Lipinski definition) is 2. The van der Waals surface area contributed by atoms with Gasteiger partial charge in [0.05, 0.1) is 33.6 Å². The van der Waals surface area contributed by atoms with Gasteiger partial charge in [-0.1, -0.05) is 41.6 Å². The van der Waals surface area contributed by atoms with Crippen LogP contribution in [0.3, 0.4) is 0 Å². The lowest BCUT2D eigenvalue weighted by atomic mass is 9.49. The van der Waals surface area contributed by atoms with E-state index in [1.807, 2.05) is 106 Å². The van der Waals surface area contributed by atoms with E-state index in [4.69, 9.17) is 39.4 Å². The molecule has 5 rings (SSSR count). The minimum Gasteiger partial charge on any atom is -0.405 e. The van der Waals surface area contributed by atoms with E-state index < -0.39 is 14.0 Å². The SMILES string of the molecule is C.CC1(C)OB(B2OC(C)(C)C(C)(C)O2)OC1(C)C.Cc1c(N)cccc1B1OC(C)(C)C(C)(C)O1.Cc1c(N)cccc1Br. The summed E-state index contributed by atoms with van der Waals surface area (Å²) in [5.41, 5.74) is 14.2. The molecule has 0 aromatic heterocycles. The lowest BCUT2D eigenvalue weighted by Gasteiger charge is -2.32. The van der Waals surface area contributed by atoms with Gasteiger partial charge in [0.15, 0.2) is 0 Å². The second-order valence-corrected chi connectivity index (χ2v) is 15.7. The smallest absolute Gasteiger partial charge is 0.405 e. The number of benzene rings is 2. The van der Waals surface area contributed by atoms with E-state index in [0.29, 0.717) is 0 Å². The van der Waals surface area contributed by atoms with Crippen molar-refractivity contribution in [2.24, 2.45) is 0 Å². The second-order valence-electron chi connectivity index (χ2n) is 14.9. The van der Waals surface area contributed by atoms with Gasteiger partial charge in [0.2, 0.25) is 0 Å². The van der Waals surface area contributed by atoms with Crippen molar-refractivity contribution in [1.29, 1.82) is 0 Å². The Morgan fingerprint density at radius 2 is 0.822 bits per heavy atom. The van der Waals surface area contributed by atoms with Crippen molar-refractivity contribution < 1.29 is 27.9 Å². The average Bonchev–Trinajstić information content (AvgIpc) is 3.33. The van der Waals surface area contributed by atoms with Crippen LogP contribution >= 0.6 is 15.9 Å². The maximum Gasteiger partial charge on any atom is 0.495 e. The van der Waals surface area contributed by atoms with Crippen molar-refractivity contribution >= 4 is 53.9 Å². The van der Waals surface area contributed by atoms with Gasteiger partial charge in [0.25, 0.3) is 0 Å². The summed E-state index contributed by atoms with van der Waals surface area (Å²) in [6, 6.07) is 11.6. The molecule has 0 atom stereocenters. The third kappa shape index (κ3) is 8.32. The molecule has 3 saturated heterocycles. The Morgan fingerprint density at radius 1 is 0.511 bits per heavy atom. The largest absolute Gasteiger partial charge is 0.495 e. The molecule has 8 nitrogen and oxygen atoms in total. The topological polar surface area (TPSA) is 107 Å². The quantitative estimate of drug-likeness (QED) is 0.254. The number of hydrogen-bond acceptors (Lipinski definition) is 8. The Kier molecular flexibility index (Phi) is 11.9. The molecule has 0 saturated carbocycles. The number of halogens is 1. The van der Waals surface area contributed by atoms with E-state index in [1.54, 1.807) is 0 Å². The van der Waals surface area contributed by atoms with Crippen molar-refractivity contribution in [3.63, 3.8) is 0 Å². The second kappa shape index (κ2) is 13.5. The van der Waals surface area contributed by atoms with Crippen molar-refractivity contribution in [2.75, 3.05) is 11.5 Å². The molecular formula is C33H56B3BrN2O6. The predicted octanol–water partition coefficient (Wildman–Crippen LogP) is 7.10. The summed E-state index contributed by atoms with van der Waals surface area (Å²) in [7, 11) is -1.28. The highest BCUT2D eigenvalue weighted by atomic mass is 79.9. The van der Waals surface area contributed by atoms with E-state index in [2.05, 4.69) is 43.6 Å². The lowest BCUT2D eigenvalue weighted by Crippen LogP contribution is -2.41. The first-order valence-electron chi connectivity index (χ1n) is 15.3. The van der Waals surface area contributed by atoms with Crippen LogP contribution in [0, 0.1) is 13.8 Å². The third-order valence-electron chi connectivity index (χ3n) is 10.00. The van der Waals surface area contributed by atoms with Crippen molar-refractivity contribution in [2.45, 2.75) is 138 Å². The minimum absolute atomic E-state index is 0. The van der Waals surface area contributed by atoms with Crippen LogP contribution in [0.2, 0.25) is 0 Å². The first-order chi connectivity index (χ1) is 19.8. The average molecular weight is 689 g/mol. The highest BCUT2D eigenvalue weighted by molar-refractivity contribution is 9.10. The van der Waals surface area contributed by atoms with Crippen LogP contribution in [0.5, 0.6) is 0 Å². The molecule has 0 radical (unpaired) electrons. The first kappa shape index (κ1) is 39.7. The van der Waals surface area contributed by atoms with Gasteiger partial charge in [-0.15, -0.1) is 0 Å². The molecule has 0 spiro atoms. The fourth-order valence-corrected chi connectivity index (χ4v) is 4.90. The van der Waals surface area contributed by atoms with Crippen LogP contribution in [0.4, 0.5) is 11.4 Å². The Balaban J connectivity index is 0.000000245. The van der Waals surface area contributed by atoms with Crippen LogP contribution in [0.15, 0.2) is 40.9 Å². The van der Waals surface area contributed by atoms with Gasteiger partial charge in [-0.05, 0) is 132 Å². The standard InChI is InChI=1S/C13H20BNO2.C12H24B2O4.C7H8BrN.CH4/c1-9-10(7-6-8-11(9)15)14-16-12(2,3)13(4,5)17-14;1-9(2)10(3,4)16-13(15-9)14-17-11(5,6)12(7,8)18-14;1-5-6(8)3-2-4-7(5)9;/h6-8H,15H2,1-5H3;1-8H3;2-4H,9H2,1H3;1H4. The number of nitrogen functional groups attached to an aromatic ring is 2. The zero-order chi connectivity index (χ0) is 33.7. The minimum atomic E-state index is -0.476. The van der Waals surface area contributed by atoms with E-state index >= 15 is 0 Å². The van der Waals surface area contributed by atoms with E-state index in [0.717, 1.165) is 32.4 Å². The monoisotopic (exact) mass is 688 g/mol. The molecule has 45 heavy (non-hydrogen) atoms. The highest BCUT2D eigenvalue weighted by Crippen LogP contribution is 2.43. The molecular weight excluding hydrogens is 633 g/mol. The molecule has 4 N–H and O–H groups in total. The molecule has 3 heterocycles. The molecule has 2 aromatic carbocycles. The van der Waals surface area contributed by atoms with Crippen LogP contribution in [-0.2, 0) is 27.9 Å². The number of nitrogens with two attached hydrogens (primary N) is 2. The molecule has 3 aliphatic heterocycles. The fourth-order valence-electron chi connectivity index (χ4n) is 4.52. The zero-order valence-corrected chi connectivity index (χ0v) is 30.8. The Morgan fingerprint density at radius 3 is 1.16 bits per heavy atom. The van der Waals surface area contributed by atoms with Gasteiger partial charge in [-0.25, -0.2) is 0 Å². The molecule has 0 amide bonds. The fraction of sp³-hybridized carbons (Fsp3) is 0.636. The maximum atomic E-state index is 6.01. The molecule has 3 aliphatic rings. The van der Waals surface area contributed by atoms with E-state index in [-0.39, 0.29) is 48.2 Å². The summed E-state index contributed by atoms with van der Waals surface area (Å²) in [5.74, 6) is 0. The van der Waals surface area contributed by atoms with Gasteiger partial charge in [-0.3, -0.25) is 0 Å². The van der Waals surface area contributed by atoms with Gasteiger partial charge < -0.3 is 39.4 Å². The summed E-state index contributed by atoms with van der Waals surface area (Å²) in [5, 5.41) is 0. The van der Waals surface area contributed by atoms with Crippen molar-refractivity contribution in [1.82, 2.24) is 0 Å². The van der Waals surface area contributed by atoms with E-state index in [9.17, 15) is 0 Å². The summed E-state index contributed by atoms with van der Waals surface area (Å²) in [6.07, 6.45) is 0. The molecule has 0 unspecified atom stereocenters. The number of anilines is 2. The van der Waals surface area contributed by atoms with Crippen LogP contribution in [-0.4, -0.2) is 54.7 Å². The first-order valence-corrected chi connectivity index (χ1v) is 16.1. The Hall–Kier alpha value is -1.53. The Bertz CT molecular complexity index is 1230. The maximum absolute atomic E-state index is 6.01. The summed E-state index contributed by atoms with van der Waals surface area (Å²) < 4.78 is 36.9. The zero-order valence-electron chi connectivity index (χ0n) is 29.2. The predicted molar refractivity (Wildman–Crippen MR) is 193 cm³/mol. The number of rotatable bonds is 2. The van der Waals surface area contributed by atoms with Gasteiger partial charge in [-0.2, -0.15) is 0 Å². The third-order valence-corrected chi connectivity index (χ3v) is 10.9.